The first-order chi connectivity index (χ1) is 13.7. The molecule has 5 nitrogen and oxygen atoms in total. The smallest absolute Gasteiger partial charge is 0.335 e. The van der Waals surface area contributed by atoms with Gasteiger partial charge in [-0.1, -0.05) is 11.6 Å². The maximum atomic E-state index is 13.8. The average molecular weight is 404 g/mol. The van der Waals surface area contributed by atoms with Crippen LogP contribution in [-0.4, -0.2) is 31.8 Å². The standard InChI is InChI=1S/C21H23F3N4O/c1-14-5-6-18-17(8-14)19(29)9-20(21(22,23)24)28(18)13-16-4-3-7-27(16)12-15-10-25-26(2)11-15/h5-6,8-11,16H,3-4,7,12-13H2,1-2H3/t16-/m1/s1. The lowest BCUT2D eigenvalue weighted by atomic mass is 10.1. The number of aromatic nitrogens is 3. The SMILES string of the molecule is Cc1ccc2c(c1)c(=O)cc(C(F)(F)F)n2C[C@H]1CCCN1Cc1cnn(C)c1. The molecule has 0 spiro atoms. The monoisotopic (exact) mass is 404 g/mol. The highest BCUT2D eigenvalue weighted by Crippen LogP contribution is 2.32. The molecule has 29 heavy (non-hydrogen) atoms. The third kappa shape index (κ3) is 3.94. The van der Waals surface area contributed by atoms with E-state index in [9.17, 15) is 18.0 Å². The lowest BCUT2D eigenvalue weighted by molar-refractivity contribution is -0.144. The second-order valence-electron chi connectivity index (χ2n) is 7.81. The fourth-order valence-corrected chi connectivity index (χ4v) is 4.23. The Balaban J connectivity index is 1.74. The van der Waals surface area contributed by atoms with Crippen LogP contribution in [0.1, 0.15) is 29.7 Å². The Kier molecular flexibility index (Phi) is 4.98. The number of hydrogen-bond donors (Lipinski definition) is 0. The van der Waals surface area contributed by atoms with Gasteiger partial charge in [-0.2, -0.15) is 18.3 Å². The van der Waals surface area contributed by atoms with E-state index < -0.39 is 17.3 Å². The topological polar surface area (TPSA) is 43.1 Å². The molecule has 1 aliphatic heterocycles. The summed E-state index contributed by atoms with van der Waals surface area (Å²) in [4.78, 5) is 14.6. The molecule has 0 amide bonds. The van der Waals surface area contributed by atoms with Crippen LogP contribution in [0.4, 0.5) is 13.2 Å². The number of rotatable bonds is 4. The van der Waals surface area contributed by atoms with Gasteiger partial charge < -0.3 is 4.57 Å². The van der Waals surface area contributed by atoms with Gasteiger partial charge in [0.2, 0.25) is 0 Å². The van der Waals surface area contributed by atoms with Crippen LogP contribution in [0.3, 0.4) is 0 Å². The molecule has 0 radical (unpaired) electrons. The van der Waals surface area contributed by atoms with E-state index in [1.165, 1.54) is 4.57 Å². The Morgan fingerprint density at radius 3 is 2.72 bits per heavy atom. The summed E-state index contributed by atoms with van der Waals surface area (Å²) in [5.74, 6) is 0. The predicted octanol–water partition coefficient (Wildman–Crippen LogP) is 3.73. The van der Waals surface area contributed by atoms with Crippen LogP contribution in [0, 0.1) is 6.92 Å². The van der Waals surface area contributed by atoms with Crippen molar-refractivity contribution < 1.29 is 13.2 Å². The van der Waals surface area contributed by atoms with E-state index in [0.29, 0.717) is 17.4 Å². The Bertz CT molecular complexity index is 1100. The van der Waals surface area contributed by atoms with Crippen molar-refractivity contribution in [2.24, 2.45) is 7.05 Å². The molecular weight excluding hydrogens is 381 g/mol. The van der Waals surface area contributed by atoms with Crippen LogP contribution in [0.15, 0.2) is 41.5 Å². The van der Waals surface area contributed by atoms with Crippen molar-refractivity contribution >= 4 is 10.9 Å². The van der Waals surface area contributed by atoms with Gasteiger partial charge in [-0.25, -0.2) is 0 Å². The zero-order valence-electron chi connectivity index (χ0n) is 16.4. The number of halogens is 3. The number of aryl methyl sites for hydroxylation is 2. The van der Waals surface area contributed by atoms with Crippen LogP contribution in [0.5, 0.6) is 0 Å². The molecule has 2 aromatic heterocycles. The minimum Gasteiger partial charge on any atom is -0.335 e. The maximum absolute atomic E-state index is 13.8. The van der Waals surface area contributed by atoms with E-state index in [4.69, 9.17) is 0 Å². The van der Waals surface area contributed by atoms with Gasteiger partial charge in [0.1, 0.15) is 5.69 Å². The Labute approximate surface area is 166 Å². The van der Waals surface area contributed by atoms with Crippen molar-refractivity contribution in [1.82, 2.24) is 19.2 Å². The molecule has 1 fully saturated rings. The summed E-state index contributed by atoms with van der Waals surface area (Å²) in [7, 11) is 1.84. The molecule has 1 atom stereocenters. The Morgan fingerprint density at radius 1 is 1.24 bits per heavy atom. The molecule has 1 aromatic carbocycles. The molecule has 4 rings (SSSR count). The third-order valence-corrected chi connectivity index (χ3v) is 5.59. The minimum absolute atomic E-state index is 0.0386. The van der Waals surface area contributed by atoms with E-state index in [2.05, 4.69) is 10.00 Å². The highest BCUT2D eigenvalue weighted by Gasteiger charge is 2.36. The van der Waals surface area contributed by atoms with Crippen molar-refractivity contribution in [3.63, 3.8) is 0 Å². The first-order valence-corrected chi connectivity index (χ1v) is 9.65. The van der Waals surface area contributed by atoms with Gasteiger partial charge in [0.15, 0.2) is 5.43 Å². The summed E-state index contributed by atoms with van der Waals surface area (Å²) in [6.07, 6.45) is 0.869. The fourth-order valence-electron chi connectivity index (χ4n) is 4.23. The molecule has 0 bridgehead atoms. The number of likely N-dealkylation sites (tertiary alicyclic amines) is 1. The van der Waals surface area contributed by atoms with Crippen molar-refractivity contribution in [2.45, 2.75) is 45.1 Å². The normalized spacial score (nSPS) is 18.0. The predicted molar refractivity (Wildman–Crippen MR) is 105 cm³/mol. The molecule has 0 N–H and O–H groups in total. The summed E-state index contributed by atoms with van der Waals surface area (Å²) < 4.78 is 44.3. The summed E-state index contributed by atoms with van der Waals surface area (Å²) in [5.41, 5.74) is 0.748. The van der Waals surface area contributed by atoms with Crippen LogP contribution < -0.4 is 5.43 Å². The second-order valence-corrected chi connectivity index (χ2v) is 7.81. The fraction of sp³-hybridized carbons (Fsp3) is 0.429. The summed E-state index contributed by atoms with van der Waals surface area (Å²) in [5, 5.41) is 4.50. The largest absolute Gasteiger partial charge is 0.431 e. The highest BCUT2D eigenvalue weighted by molar-refractivity contribution is 5.80. The highest BCUT2D eigenvalue weighted by atomic mass is 19.4. The molecule has 3 aromatic rings. The van der Waals surface area contributed by atoms with Gasteiger partial charge in [-0.15, -0.1) is 0 Å². The van der Waals surface area contributed by atoms with E-state index in [-0.39, 0.29) is 12.6 Å². The Hall–Kier alpha value is -2.61. The minimum atomic E-state index is -4.59. The van der Waals surface area contributed by atoms with Crippen molar-refractivity contribution in [1.29, 1.82) is 0 Å². The van der Waals surface area contributed by atoms with E-state index in [1.54, 1.807) is 29.1 Å². The van der Waals surface area contributed by atoms with Crippen molar-refractivity contribution in [3.8, 4) is 0 Å². The van der Waals surface area contributed by atoms with Crippen molar-refractivity contribution in [3.05, 3.63) is 63.7 Å². The quantitative estimate of drug-likeness (QED) is 0.666. The number of pyridine rings is 1. The third-order valence-electron chi connectivity index (χ3n) is 5.59. The van der Waals surface area contributed by atoms with Gasteiger partial charge in [0.05, 0.1) is 11.7 Å². The molecule has 3 heterocycles. The lowest BCUT2D eigenvalue weighted by Gasteiger charge is -2.27. The van der Waals surface area contributed by atoms with E-state index in [1.807, 2.05) is 20.2 Å². The zero-order valence-corrected chi connectivity index (χ0v) is 16.4. The average Bonchev–Trinajstić information content (AvgIpc) is 3.25. The van der Waals surface area contributed by atoms with Gasteiger partial charge in [-0.05, 0) is 38.4 Å². The summed E-state index contributed by atoms with van der Waals surface area (Å²) in [6, 6.07) is 5.74. The molecule has 1 saturated heterocycles. The molecule has 0 aliphatic carbocycles. The van der Waals surface area contributed by atoms with E-state index >= 15 is 0 Å². The molecular formula is C21H23F3N4O. The van der Waals surface area contributed by atoms with Gasteiger partial charge in [0, 0.05) is 49.4 Å². The van der Waals surface area contributed by atoms with Gasteiger partial charge in [0.25, 0.3) is 0 Å². The number of hydrogen-bond acceptors (Lipinski definition) is 3. The molecule has 154 valence electrons. The van der Waals surface area contributed by atoms with Crippen LogP contribution in [0.25, 0.3) is 10.9 Å². The first kappa shape index (κ1) is 19.7. The van der Waals surface area contributed by atoms with Crippen LogP contribution in [0.2, 0.25) is 0 Å². The summed E-state index contributed by atoms with van der Waals surface area (Å²) >= 11 is 0. The number of nitrogens with zero attached hydrogens (tertiary/aromatic N) is 4. The molecule has 0 unspecified atom stereocenters. The number of benzene rings is 1. The van der Waals surface area contributed by atoms with Gasteiger partial charge in [-0.3, -0.25) is 14.4 Å². The summed E-state index contributed by atoms with van der Waals surface area (Å²) in [6.45, 7) is 3.50. The molecule has 8 heteroatoms. The maximum Gasteiger partial charge on any atom is 0.431 e. The van der Waals surface area contributed by atoms with E-state index in [0.717, 1.165) is 36.6 Å². The van der Waals surface area contributed by atoms with Crippen LogP contribution in [-0.2, 0) is 26.3 Å². The first-order valence-electron chi connectivity index (χ1n) is 9.65. The molecule has 0 saturated carbocycles. The van der Waals surface area contributed by atoms with Crippen LogP contribution >= 0.6 is 0 Å². The number of fused-ring (bicyclic) bond motifs is 1. The lowest BCUT2D eigenvalue weighted by Crippen LogP contribution is -2.34. The zero-order chi connectivity index (χ0) is 20.8. The molecule has 1 aliphatic rings. The second kappa shape index (κ2) is 7.33. The van der Waals surface area contributed by atoms with Gasteiger partial charge >= 0.3 is 6.18 Å². The number of alkyl halides is 3. The Morgan fingerprint density at radius 2 is 2.03 bits per heavy atom. The van der Waals surface area contributed by atoms with Crippen molar-refractivity contribution in [2.75, 3.05) is 6.54 Å².